The van der Waals surface area contributed by atoms with E-state index < -0.39 is 11.7 Å². The predicted octanol–water partition coefficient (Wildman–Crippen LogP) is 3.38. The van der Waals surface area contributed by atoms with Crippen molar-refractivity contribution in [2.24, 2.45) is 0 Å². The van der Waals surface area contributed by atoms with E-state index in [2.05, 4.69) is 10.6 Å². The summed E-state index contributed by atoms with van der Waals surface area (Å²) in [5.74, 6) is -0.258. The molecule has 1 aromatic rings. The lowest BCUT2D eigenvalue weighted by atomic mass is 10.0. The van der Waals surface area contributed by atoms with E-state index in [-0.39, 0.29) is 11.4 Å². The molecule has 0 unspecified atom stereocenters. The van der Waals surface area contributed by atoms with Crippen molar-refractivity contribution in [2.45, 2.75) is 44.8 Å². The van der Waals surface area contributed by atoms with E-state index in [0.717, 1.165) is 12.8 Å². The van der Waals surface area contributed by atoms with Crippen molar-refractivity contribution in [2.75, 3.05) is 12.4 Å². The molecule has 0 bridgehead atoms. The number of carbonyl (C=O) groups is 1. The minimum atomic E-state index is -0.560. The van der Waals surface area contributed by atoms with E-state index in [1.807, 2.05) is 7.05 Å². The zero-order valence-electron chi connectivity index (χ0n) is 12.3. The highest BCUT2D eigenvalue weighted by Crippen LogP contribution is 2.46. The number of hydrogen-bond acceptors (Lipinski definition) is 3. The molecule has 2 N–H and O–H groups in total. The molecule has 2 rings (SSSR count). The highest BCUT2D eigenvalue weighted by atomic mass is 19.1. The van der Waals surface area contributed by atoms with Gasteiger partial charge in [0, 0.05) is 16.8 Å². The molecular formula is C15H21FN2O2. The fourth-order valence-electron chi connectivity index (χ4n) is 2.17. The highest BCUT2D eigenvalue weighted by molar-refractivity contribution is 5.85. The highest BCUT2D eigenvalue weighted by Gasteiger charge is 2.44. The molecule has 1 fully saturated rings. The SMILES string of the molecule is CNC1(c2cc(NC(=O)OC(C)(C)C)ccc2F)CC1. The van der Waals surface area contributed by atoms with Gasteiger partial charge in [-0.25, -0.2) is 9.18 Å². The van der Waals surface area contributed by atoms with Gasteiger partial charge >= 0.3 is 6.09 Å². The number of carbonyl (C=O) groups excluding carboxylic acids is 1. The molecule has 0 spiro atoms. The first kappa shape index (κ1) is 14.8. The van der Waals surface area contributed by atoms with Crippen molar-refractivity contribution < 1.29 is 13.9 Å². The Balaban J connectivity index is 2.14. The zero-order chi connectivity index (χ0) is 15.0. The summed E-state index contributed by atoms with van der Waals surface area (Å²) in [6.45, 7) is 5.38. The number of benzene rings is 1. The van der Waals surface area contributed by atoms with Crippen LogP contribution in [0.25, 0.3) is 0 Å². The summed E-state index contributed by atoms with van der Waals surface area (Å²) in [4.78, 5) is 11.7. The lowest BCUT2D eigenvalue weighted by Crippen LogP contribution is -2.28. The van der Waals surface area contributed by atoms with Crippen molar-refractivity contribution in [1.82, 2.24) is 5.32 Å². The molecule has 20 heavy (non-hydrogen) atoms. The average Bonchev–Trinajstić information content (AvgIpc) is 3.10. The maximum absolute atomic E-state index is 13.9. The number of rotatable bonds is 3. The summed E-state index contributed by atoms with van der Waals surface area (Å²) >= 11 is 0. The van der Waals surface area contributed by atoms with Gasteiger partial charge < -0.3 is 10.1 Å². The Bertz CT molecular complexity index is 519. The number of halogens is 1. The molecule has 0 heterocycles. The molecule has 4 nitrogen and oxygen atoms in total. The Morgan fingerprint density at radius 1 is 1.35 bits per heavy atom. The first-order valence-corrected chi connectivity index (χ1v) is 6.75. The van der Waals surface area contributed by atoms with E-state index in [4.69, 9.17) is 4.74 Å². The Labute approximate surface area is 118 Å². The second-order valence-electron chi connectivity index (χ2n) is 6.15. The molecule has 5 heteroatoms. The lowest BCUT2D eigenvalue weighted by Gasteiger charge is -2.20. The first-order valence-electron chi connectivity index (χ1n) is 6.75. The molecule has 0 saturated heterocycles. The van der Waals surface area contributed by atoms with E-state index >= 15 is 0 Å². The van der Waals surface area contributed by atoms with Gasteiger partial charge in [-0.1, -0.05) is 0 Å². The second-order valence-corrected chi connectivity index (χ2v) is 6.15. The van der Waals surface area contributed by atoms with E-state index in [1.165, 1.54) is 12.1 Å². The van der Waals surface area contributed by atoms with Crippen molar-refractivity contribution >= 4 is 11.8 Å². The maximum atomic E-state index is 13.9. The Morgan fingerprint density at radius 3 is 2.50 bits per heavy atom. The summed E-state index contributed by atoms with van der Waals surface area (Å²) in [6, 6.07) is 4.58. The molecule has 1 aliphatic rings. The largest absolute Gasteiger partial charge is 0.444 e. The Kier molecular flexibility index (Phi) is 3.73. The van der Waals surface area contributed by atoms with Gasteiger partial charge in [-0.05, 0) is 58.9 Å². The summed E-state index contributed by atoms with van der Waals surface area (Å²) in [5, 5.41) is 5.78. The van der Waals surface area contributed by atoms with Gasteiger partial charge in [-0.3, -0.25) is 5.32 Å². The van der Waals surface area contributed by atoms with Gasteiger partial charge in [-0.15, -0.1) is 0 Å². The van der Waals surface area contributed by atoms with Crippen LogP contribution in [0.5, 0.6) is 0 Å². The molecular weight excluding hydrogens is 259 g/mol. The van der Waals surface area contributed by atoms with Crippen molar-refractivity contribution in [3.63, 3.8) is 0 Å². The number of amides is 1. The fourth-order valence-corrected chi connectivity index (χ4v) is 2.17. The monoisotopic (exact) mass is 280 g/mol. The summed E-state index contributed by atoms with van der Waals surface area (Å²) in [7, 11) is 1.82. The van der Waals surface area contributed by atoms with Crippen LogP contribution in [0.15, 0.2) is 18.2 Å². The van der Waals surface area contributed by atoms with Crippen LogP contribution in [0.3, 0.4) is 0 Å². The smallest absolute Gasteiger partial charge is 0.412 e. The van der Waals surface area contributed by atoms with Crippen LogP contribution in [-0.4, -0.2) is 18.7 Å². The van der Waals surface area contributed by atoms with Crippen molar-refractivity contribution in [3.8, 4) is 0 Å². The first-order chi connectivity index (χ1) is 9.26. The maximum Gasteiger partial charge on any atom is 0.412 e. The molecule has 0 atom stereocenters. The molecule has 0 aliphatic heterocycles. The lowest BCUT2D eigenvalue weighted by molar-refractivity contribution is 0.0636. The standard InChI is InChI=1S/C15H21FN2O2/c1-14(2,3)20-13(19)18-10-5-6-12(16)11(9-10)15(17-4)7-8-15/h5-6,9,17H,7-8H2,1-4H3,(H,18,19). The van der Waals surface area contributed by atoms with E-state index in [1.54, 1.807) is 26.8 Å². The quantitative estimate of drug-likeness (QED) is 0.892. The van der Waals surface area contributed by atoms with Crippen LogP contribution < -0.4 is 10.6 Å². The normalized spacial score (nSPS) is 16.6. The summed E-state index contributed by atoms with van der Waals surface area (Å²) < 4.78 is 19.1. The third kappa shape index (κ3) is 3.28. The fraction of sp³-hybridized carbons (Fsp3) is 0.533. The topological polar surface area (TPSA) is 50.4 Å². The van der Waals surface area contributed by atoms with Crippen LogP contribution in [-0.2, 0) is 10.3 Å². The minimum Gasteiger partial charge on any atom is -0.444 e. The summed E-state index contributed by atoms with van der Waals surface area (Å²) in [6.07, 6.45) is 1.26. The van der Waals surface area contributed by atoms with Crippen LogP contribution >= 0.6 is 0 Å². The van der Waals surface area contributed by atoms with Crippen LogP contribution in [0.2, 0.25) is 0 Å². The van der Waals surface area contributed by atoms with E-state index in [9.17, 15) is 9.18 Å². The van der Waals surface area contributed by atoms with Gasteiger partial charge in [-0.2, -0.15) is 0 Å². The molecule has 1 saturated carbocycles. The molecule has 110 valence electrons. The van der Waals surface area contributed by atoms with Crippen LogP contribution in [0.1, 0.15) is 39.2 Å². The van der Waals surface area contributed by atoms with Gasteiger partial charge in [0.25, 0.3) is 0 Å². The minimum absolute atomic E-state index is 0.258. The van der Waals surface area contributed by atoms with E-state index in [0.29, 0.717) is 11.3 Å². The Hall–Kier alpha value is -1.62. The van der Waals surface area contributed by atoms with Crippen LogP contribution in [0, 0.1) is 5.82 Å². The number of ether oxygens (including phenoxy) is 1. The molecule has 0 aromatic heterocycles. The number of anilines is 1. The van der Waals surface area contributed by atoms with Crippen molar-refractivity contribution in [3.05, 3.63) is 29.6 Å². The Morgan fingerprint density at radius 2 is 2.00 bits per heavy atom. The predicted molar refractivity (Wildman–Crippen MR) is 76.2 cm³/mol. The van der Waals surface area contributed by atoms with Crippen molar-refractivity contribution in [1.29, 1.82) is 0 Å². The second kappa shape index (κ2) is 5.05. The molecule has 1 amide bonds. The number of hydrogen-bond donors (Lipinski definition) is 2. The third-order valence-corrected chi connectivity index (χ3v) is 3.36. The van der Waals surface area contributed by atoms with Gasteiger partial charge in [0.1, 0.15) is 11.4 Å². The van der Waals surface area contributed by atoms with Gasteiger partial charge in [0.15, 0.2) is 0 Å². The zero-order valence-corrected chi connectivity index (χ0v) is 12.3. The number of nitrogens with one attached hydrogen (secondary N) is 2. The molecule has 0 radical (unpaired) electrons. The van der Waals surface area contributed by atoms with Crippen LogP contribution in [0.4, 0.5) is 14.9 Å². The van der Waals surface area contributed by atoms with Gasteiger partial charge in [0.05, 0.1) is 0 Å². The molecule has 1 aromatic carbocycles. The summed E-state index contributed by atoms with van der Waals surface area (Å²) in [5.41, 5.74) is 0.288. The van der Waals surface area contributed by atoms with Gasteiger partial charge in [0.2, 0.25) is 0 Å². The average molecular weight is 280 g/mol. The third-order valence-electron chi connectivity index (χ3n) is 3.36. The molecule has 1 aliphatic carbocycles.